The first-order valence-corrected chi connectivity index (χ1v) is 11.8. The number of rotatable bonds is 7. The summed E-state index contributed by atoms with van der Waals surface area (Å²) in [5.74, 6) is -0.404. The molecule has 2 aromatic heterocycles. The monoisotopic (exact) mass is 518 g/mol. The smallest absolute Gasteiger partial charge is 0.409 e. The quantitative estimate of drug-likeness (QED) is 0.510. The number of nitrogens with one attached hydrogen (secondary N) is 1. The molecule has 4 rings (SSSR count). The van der Waals surface area contributed by atoms with Crippen LogP contribution in [0.5, 0.6) is 0 Å². The summed E-state index contributed by atoms with van der Waals surface area (Å²) in [6, 6.07) is 10.5. The number of ether oxygens (including phenoxy) is 2. The molecule has 13 heteroatoms. The van der Waals surface area contributed by atoms with Crippen molar-refractivity contribution in [1.29, 1.82) is 0 Å². The maximum absolute atomic E-state index is 12.4. The van der Waals surface area contributed by atoms with Crippen molar-refractivity contribution < 1.29 is 23.9 Å². The number of hydrogen-bond acceptors (Lipinski definition) is 8. The van der Waals surface area contributed by atoms with Crippen LogP contribution in [0.25, 0.3) is 5.69 Å². The van der Waals surface area contributed by atoms with E-state index in [-0.39, 0.29) is 31.6 Å². The Morgan fingerprint density at radius 2 is 1.94 bits per heavy atom. The van der Waals surface area contributed by atoms with E-state index in [4.69, 9.17) is 21.1 Å². The van der Waals surface area contributed by atoms with Crippen molar-refractivity contribution in [3.63, 3.8) is 0 Å². The highest BCUT2D eigenvalue weighted by Gasteiger charge is 2.22. The van der Waals surface area contributed by atoms with Crippen molar-refractivity contribution in [1.82, 2.24) is 25.2 Å². The molecule has 1 N–H and O–H groups in total. The summed E-state index contributed by atoms with van der Waals surface area (Å²) in [6.07, 6.45) is -0.526. The zero-order valence-electron chi connectivity index (χ0n) is 19.1. The first kappa shape index (κ1) is 24.6. The van der Waals surface area contributed by atoms with Gasteiger partial charge in [0.05, 0.1) is 28.1 Å². The van der Waals surface area contributed by atoms with E-state index >= 15 is 0 Å². The van der Waals surface area contributed by atoms with Gasteiger partial charge in [-0.25, -0.2) is 9.48 Å². The van der Waals surface area contributed by atoms with Gasteiger partial charge in [-0.2, -0.15) is 0 Å². The predicted molar refractivity (Wildman–Crippen MR) is 129 cm³/mol. The zero-order valence-corrected chi connectivity index (χ0v) is 20.6. The molecule has 1 aromatic carbocycles. The van der Waals surface area contributed by atoms with Gasteiger partial charge in [0.2, 0.25) is 0 Å². The molecule has 0 spiro atoms. The molecule has 1 fully saturated rings. The van der Waals surface area contributed by atoms with Crippen molar-refractivity contribution in [2.45, 2.75) is 13.2 Å². The lowest BCUT2D eigenvalue weighted by Gasteiger charge is -2.26. The van der Waals surface area contributed by atoms with Crippen LogP contribution in [0.15, 0.2) is 36.4 Å². The van der Waals surface area contributed by atoms with Crippen LogP contribution in [0.2, 0.25) is 4.34 Å². The van der Waals surface area contributed by atoms with E-state index in [9.17, 15) is 14.4 Å². The lowest BCUT2D eigenvalue weighted by atomic mass is 10.2. The number of nitrogens with zero attached hydrogens (tertiary/aromatic N) is 5. The van der Waals surface area contributed by atoms with Crippen LogP contribution >= 0.6 is 22.9 Å². The number of carbonyl (C=O) groups excluding carboxylic acids is 3. The fraction of sp³-hybridized carbons (Fsp3) is 0.318. The lowest BCUT2D eigenvalue weighted by molar-refractivity contribution is -0.125. The van der Waals surface area contributed by atoms with Crippen LogP contribution in [0.4, 0.5) is 10.5 Å². The van der Waals surface area contributed by atoms with E-state index in [0.717, 1.165) is 5.69 Å². The molecule has 0 radical (unpaired) electrons. The second kappa shape index (κ2) is 10.8. The Labute approximate surface area is 210 Å². The van der Waals surface area contributed by atoms with Crippen molar-refractivity contribution in [2.24, 2.45) is 0 Å². The number of hydrogen-bond donors (Lipinski definition) is 1. The summed E-state index contributed by atoms with van der Waals surface area (Å²) in [6.45, 7) is 0.976. The van der Waals surface area contributed by atoms with Crippen LogP contribution in [0.3, 0.4) is 0 Å². The third-order valence-corrected chi connectivity index (χ3v) is 6.38. The van der Waals surface area contributed by atoms with Gasteiger partial charge in [-0.15, -0.1) is 16.4 Å². The largest absolute Gasteiger partial charge is 0.443 e. The number of aromatic nitrogens is 3. The number of morpholine rings is 1. The van der Waals surface area contributed by atoms with E-state index in [1.54, 1.807) is 55.4 Å². The molecule has 1 aliphatic rings. The van der Waals surface area contributed by atoms with E-state index < -0.39 is 6.09 Å². The molecule has 3 aromatic rings. The zero-order chi connectivity index (χ0) is 24.9. The molecular formula is C22H23ClN6O5S. The maximum atomic E-state index is 12.4. The van der Waals surface area contributed by atoms with Crippen molar-refractivity contribution in [2.75, 3.05) is 38.8 Å². The Kier molecular flexibility index (Phi) is 7.63. The average Bonchev–Trinajstić information content (AvgIpc) is 3.47. The van der Waals surface area contributed by atoms with E-state index in [1.807, 2.05) is 0 Å². The Morgan fingerprint density at radius 1 is 1.20 bits per heavy atom. The number of carbonyl (C=O) groups is 3. The minimum Gasteiger partial charge on any atom is -0.443 e. The number of thiophene rings is 1. The predicted octanol–water partition coefficient (Wildman–Crippen LogP) is 2.47. The van der Waals surface area contributed by atoms with Gasteiger partial charge in [0.1, 0.15) is 24.6 Å². The molecule has 0 unspecified atom stereocenters. The van der Waals surface area contributed by atoms with E-state index in [1.165, 1.54) is 20.9 Å². The van der Waals surface area contributed by atoms with Crippen molar-refractivity contribution >= 4 is 46.5 Å². The second-order valence-corrected chi connectivity index (χ2v) is 9.46. The van der Waals surface area contributed by atoms with Crippen LogP contribution in [-0.2, 0) is 27.4 Å². The SMILES string of the molecule is CN(C)C(=O)OCc1c(CNC(=O)c2ccc(Cl)s2)nnn1-c1ccc(N2CCOCC2=O)cc1. The molecule has 3 amide bonds. The highest BCUT2D eigenvalue weighted by Crippen LogP contribution is 2.23. The van der Waals surface area contributed by atoms with Gasteiger partial charge in [-0.1, -0.05) is 16.8 Å². The van der Waals surface area contributed by atoms with Gasteiger partial charge in [0, 0.05) is 26.3 Å². The summed E-state index contributed by atoms with van der Waals surface area (Å²) in [4.78, 5) is 40.0. The molecule has 1 aliphatic heterocycles. The molecular weight excluding hydrogens is 496 g/mol. The second-order valence-electron chi connectivity index (χ2n) is 7.74. The molecule has 3 heterocycles. The van der Waals surface area contributed by atoms with Gasteiger partial charge < -0.3 is 24.6 Å². The highest BCUT2D eigenvalue weighted by molar-refractivity contribution is 7.17. The van der Waals surface area contributed by atoms with Crippen LogP contribution in [0, 0.1) is 0 Å². The third-order valence-electron chi connectivity index (χ3n) is 5.15. The summed E-state index contributed by atoms with van der Waals surface area (Å²) in [5.41, 5.74) is 2.34. The van der Waals surface area contributed by atoms with Gasteiger partial charge >= 0.3 is 6.09 Å². The van der Waals surface area contributed by atoms with E-state index in [2.05, 4.69) is 15.6 Å². The van der Waals surface area contributed by atoms with Crippen LogP contribution in [0.1, 0.15) is 21.1 Å². The Morgan fingerprint density at radius 3 is 2.60 bits per heavy atom. The summed E-state index contributed by atoms with van der Waals surface area (Å²) in [7, 11) is 3.16. The van der Waals surface area contributed by atoms with Crippen molar-refractivity contribution in [3.8, 4) is 5.69 Å². The Bertz CT molecular complexity index is 1230. The summed E-state index contributed by atoms with van der Waals surface area (Å²) >= 11 is 7.08. The molecule has 1 saturated heterocycles. The standard InChI is InChI=1S/C22H23ClN6O5S/c1-27(2)22(32)34-12-17-16(11-24-21(31)18-7-8-19(23)35-18)25-26-29(17)15-5-3-14(4-6-15)28-9-10-33-13-20(28)30/h3-8H,9-13H2,1-2H3,(H,24,31). The summed E-state index contributed by atoms with van der Waals surface area (Å²) in [5, 5.41) is 11.2. The molecule has 0 bridgehead atoms. The van der Waals surface area contributed by atoms with Gasteiger partial charge in [-0.3, -0.25) is 9.59 Å². The van der Waals surface area contributed by atoms with Crippen molar-refractivity contribution in [3.05, 3.63) is 57.0 Å². The minimum atomic E-state index is -0.526. The minimum absolute atomic E-state index is 0.0545. The number of amides is 3. The van der Waals surface area contributed by atoms with Gasteiger partial charge in [0.15, 0.2) is 0 Å². The fourth-order valence-corrected chi connectivity index (χ4v) is 4.29. The maximum Gasteiger partial charge on any atom is 0.409 e. The molecule has 0 aliphatic carbocycles. The number of benzene rings is 1. The summed E-state index contributed by atoms with van der Waals surface area (Å²) < 4.78 is 12.6. The molecule has 0 atom stereocenters. The fourth-order valence-electron chi connectivity index (χ4n) is 3.33. The topological polar surface area (TPSA) is 119 Å². The molecule has 184 valence electrons. The normalized spacial score (nSPS) is 13.6. The molecule has 11 nitrogen and oxygen atoms in total. The lowest BCUT2D eigenvalue weighted by Crippen LogP contribution is -2.41. The first-order chi connectivity index (χ1) is 16.8. The van der Waals surface area contributed by atoms with Crippen LogP contribution in [-0.4, -0.2) is 71.7 Å². The number of halogens is 1. The first-order valence-electron chi connectivity index (χ1n) is 10.6. The Balaban J connectivity index is 1.55. The van der Waals surface area contributed by atoms with Crippen LogP contribution < -0.4 is 10.2 Å². The van der Waals surface area contributed by atoms with Gasteiger partial charge in [0.25, 0.3) is 11.8 Å². The number of anilines is 1. The highest BCUT2D eigenvalue weighted by atomic mass is 35.5. The van der Waals surface area contributed by atoms with Gasteiger partial charge in [-0.05, 0) is 36.4 Å². The molecule has 35 heavy (non-hydrogen) atoms. The third kappa shape index (κ3) is 5.78. The average molecular weight is 519 g/mol. The Hall–Kier alpha value is -3.48. The molecule has 0 saturated carbocycles. The van der Waals surface area contributed by atoms with E-state index in [0.29, 0.717) is 39.4 Å².